The Bertz CT molecular complexity index is 1050. The molecule has 0 spiro atoms. The molecule has 0 fully saturated rings. The Kier molecular flexibility index (Phi) is 5.15. The molecule has 2 amide bonds. The Hall–Kier alpha value is -3.81. The van der Waals surface area contributed by atoms with Crippen LogP contribution in [-0.2, 0) is 18.3 Å². The predicted molar refractivity (Wildman–Crippen MR) is 107 cm³/mol. The summed E-state index contributed by atoms with van der Waals surface area (Å²) in [5.41, 5.74) is 1.86. The summed E-state index contributed by atoms with van der Waals surface area (Å²) in [5.74, 6) is 1.15. The minimum Gasteiger partial charge on any atom is -0.454 e. The van der Waals surface area contributed by atoms with Gasteiger partial charge in [0.05, 0.1) is 0 Å². The average molecular weight is 392 g/mol. The molecule has 2 heterocycles. The summed E-state index contributed by atoms with van der Waals surface area (Å²) < 4.78 is 12.0. The quantitative estimate of drug-likeness (QED) is 0.673. The molecule has 0 atom stereocenters. The molecule has 8 nitrogen and oxygen atoms in total. The number of nitrogens with one attached hydrogen (secondary N) is 2. The van der Waals surface area contributed by atoms with Crippen LogP contribution in [-0.4, -0.2) is 28.4 Å². The fourth-order valence-electron chi connectivity index (χ4n) is 2.97. The molecule has 0 radical (unpaired) electrons. The van der Waals surface area contributed by atoms with Crippen molar-refractivity contribution in [2.45, 2.75) is 12.8 Å². The second-order valence-corrected chi connectivity index (χ2v) is 6.59. The van der Waals surface area contributed by atoms with Gasteiger partial charge in [0.2, 0.25) is 12.7 Å². The number of nitrogens with zero attached hydrogens (tertiary/aromatic N) is 2. The molecule has 2 aromatic carbocycles. The van der Waals surface area contributed by atoms with E-state index in [4.69, 9.17) is 9.47 Å². The molecule has 1 aliphatic rings. The third-order valence-electron chi connectivity index (χ3n) is 4.49. The second-order valence-electron chi connectivity index (χ2n) is 6.59. The van der Waals surface area contributed by atoms with Gasteiger partial charge in [0.25, 0.3) is 5.91 Å². The summed E-state index contributed by atoms with van der Waals surface area (Å²) in [7, 11) is 1.67. The zero-order valence-electron chi connectivity index (χ0n) is 15.8. The lowest BCUT2D eigenvalue weighted by Crippen LogP contribution is -2.14. The Morgan fingerprint density at radius 2 is 1.83 bits per heavy atom. The number of benzene rings is 2. The normalized spacial score (nSPS) is 11.9. The number of anilines is 2. The van der Waals surface area contributed by atoms with Gasteiger partial charge in [-0.3, -0.25) is 14.3 Å². The van der Waals surface area contributed by atoms with Crippen molar-refractivity contribution in [3.63, 3.8) is 0 Å². The standard InChI is InChI=1S/C21H20N4O4/c1-25-19(23-20(26)10-7-14-5-3-2-4-6-14)12-16(24-25)21(27)22-15-8-9-17-18(11-15)29-13-28-17/h2-6,8-9,11-12H,7,10,13H2,1H3,(H,22,27)(H,23,26). The highest BCUT2D eigenvalue weighted by Crippen LogP contribution is 2.34. The molecule has 29 heavy (non-hydrogen) atoms. The first kappa shape index (κ1) is 18.5. The van der Waals surface area contributed by atoms with Crippen LogP contribution in [0.5, 0.6) is 11.5 Å². The fourth-order valence-corrected chi connectivity index (χ4v) is 2.97. The number of rotatable bonds is 6. The van der Waals surface area contributed by atoms with Gasteiger partial charge in [0, 0.05) is 31.3 Å². The van der Waals surface area contributed by atoms with E-state index in [1.807, 2.05) is 30.3 Å². The highest BCUT2D eigenvalue weighted by Gasteiger charge is 2.17. The molecule has 148 valence electrons. The van der Waals surface area contributed by atoms with E-state index in [0.29, 0.717) is 35.8 Å². The van der Waals surface area contributed by atoms with Gasteiger partial charge in [-0.2, -0.15) is 5.10 Å². The molecule has 0 saturated carbocycles. The lowest BCUT2D eigenvalue weighted by atomic mass is 10.1. The van der Waals surface area contributed by atoms with Gasteiger partial charge in [0.1, 0.15) is 5.82 Å². The van der Waals surface area contributed by atoms with Gasteiger partial charge < -0.3 is 20.1 Å². The first-order chi connectivity index (χ1) is 14.1. The zero-order valence-corrected chi connectivity index (χ0v) is 15.8. The number of hydrogen-bond acceptors (Lipinski definition) is 5. The number of aryl methyl sites for hydroxylation is 2. The van der Waals surface area contributed by atoms with Crippen LogP contribution in [0.1, 0.15) is 22.5 Å². The molecule has 0 bridgehead atoms. The summed E-state index contributed by atoms with van der Waals surface area (Å²) in [6, 6.07) is 16.5. The molecule has 0 saturated heterocycles. The number of fused-ring (bicyclic) bond motifs is 1. The van der Waals surface area contributed by atoms with Crippen molar-refractivity contribution in [3.8, 4) is 11.5 Å². The number of aromatic nitrogens is 2. The predicted octanol–water partition coefficient (Wildman–Crippen LogP) is 2.97. The molecule has 3 aromatic rings. The third kappa shape index (κ3) is 4.37. The Balaban J connectivity index is 1.36. The van der Waals surface area contributed by atoms with E-state index < -0.39 is 0 Å². The topological polar surface area (TPSA) is 94.5 Å². The summed E-state index contributed by atoms with van der Waals surface area (Å²) in [5, 5.41) is 9.75. The van der Waals surface area contributed by atoms with E-state index in [1.54, 1.807) is 31.3 Å². The molecule has 1 aromatic heterocycles. The highest BCUT2D eigenvalue weighted by molar-refractivity contribution is 6.04. The molecular formula is C21H20N4O4. The summed E-state index contributed by atoms with van der Waals surface area (Å²) in [6.45, 7) is 0.167. The molecule has 0 unspecified atom stereocenters. The van der Waals surface area contributed by atoms with E-state index in [1.165, 1.54) is 4.68 Å². The third-order valence-corrected chi connectivity index (χ3v) is 4.49. The van der Waals surface area contributed by atoms with Crippen LogP contribution >= 0.6 is 0 Å². The Morgan fingerprint density at radius 1 is 1.03 bits per heavy atom. The van der Waals surface area contributed by atoms with Gasteiger partial charge in [-0.25, -0.2) is 0 Å². The maximum atomic E-state index is 12.5. The van der Waals surface area contributed by atoms with Gasteiger partial charge in [-0.15, -0.1) is 0 Å². The summed E-state index contributed by atoms with van der Waals surface area (Å²) >= 11 is 0. The molecule has 2 N–H and O–H groups in total. The van der Waals surface area contributed by atoms with E-state index in [-0.39, 0.29) is 24.3 Å². The molecule has 1 aliphatic heterocycles. The number of ether oxygens (including phenoxy) is 2. The smallest absolute Gasteiger partial charge is 0.276 e. The second kappa shape index (κ2) is 8.05. The summed E-state index contributed by atoms with van der Waals surface area (Å²) in [4.78, 5) is 24.7. The van der Waals surface area contributed by atoms with Crippen LogP contribution in [0.2, 0.25) is 0 Å². The Morgan fingerprint density at radius 3 is 2.66 bits per heavy atom. The SMILES string of the molecule is Cn1nc(C(=O)Nc2ccc3c(c2)OCO3)cc1NC(=O)CCc1ccccc1. The minimum absolute atomic E-state index is 0.139. The average Bonchev–Trinajstić information content (AvgIpc) is 3.33. The van der Waals surface area contributed by atoms with Crippen molar-refractivity contribution < 1.29 is 19.1 Å². The van der Waals surface area contributed by atoms with Crippen molar-refractivity contribution in [1.82, 2.24) is 9.78 Å². The Labute approximate surface area is 167 Å². The highest BCUT2D eigenvalue weighted by atomic mass is 16.7. The van der Waals surface area contributed by atoms with Gasteiger partial charge in [0.15, 0.2) is 17.2 Å². The first-order valence-electron chi connectivity index (χ1n) is 9.17. The first-order valence-corrected chi connectivity index (χ1v) is 9.17. The van der Waals surface area contributed by atoms with Crippen molar-refractivity contribution in [1.29, 1.82) is 0 Å². The number of hydrogen-bond donors (Lipinski definition) is 2. The molecule has 4 rings (SSSR count). The lowest BCUT2D eigenvalue weighted by Gasteiger charge is -2.05. The van der Waals surface area contributed by atoms with E-state index >= 15 is 0 Å². The zero-order chi connectivity index (χ0) is 20.2. The van der Waals surface area contributed by atoms with Crippen LogP contribution in [0.15, 0.2) is 54.6 Å². The van der Waals surface area contributed by atoms with Crippen LogP contribution in [0.4, 0.5) is 11.5 Å². The number of carbonyl (C=O) groups excluding carboxylic acids is 2. The monoisotopic (exact) mass is 392 g/mol. The van der Waals surface area contributed by atoms with Crippen LogP contribution < -0.4 is 20.1 Å². The van der Waals surface area contributed by atoms with Gasteiger partial charge in [-0.05, 0) is 24.1 Å². The number of carbonyl (C=O) groups is 2. The van der Waals surface area contributed by atoms with Crippen molar-refractivity contribution >= 4 is 23.3 Å². The maximum Gasteiger partial charge on any atom is 0.276 e. The van der Waals surface area contributed by atoms with E-state index in [9.17, 15) is 9.59 Å². The van der Waals surface area contributed by atoms with E-state index in [2.05, 4.69) is 15.7 Å². The van der Waals surface area contributed by atoms with E-state index in [0.717, 1.165) is 5.56 Å². The van der Waals surface area contributed by atoms with Crippen molar-refractivity contribution in [2.24, 2.45) is 7.05 Å². The fraction of sp³-hybridized carbons (Fsp3) is 0.190. The minimum atomic E-state index is -0.385. The maximum absolute atomic E-state index is 12.5. The van der Waals surface area contributed by atoms with Crippen LogP contribution in [0.25, 0.3) is 0 Å². The molecule has 8 heteroatoms. The molecular weight excluding hydrogens is 372 g/mol. The largest absolute Gasteiger partial charge is 0.454 e. The molecule has 0 aliphatic carbocycles. The lowest BCUT2D eigenvalue weighted by molar-refractivity contribution is -0.116. The summed E-state index contributed by atoms with van der Waals surface area (Å²) in [6.07, 6.45) is 0.982. The van der Waals surface area contributed by atoms with Gasteiger partial charge in [-0.1, -0.05) is 30.3 Å². The van der Waals surface area contributed by atoms with Crippen LogP contribution in [0.3, 0.4) is 0 Å². The van der Waals surface area contributed by atoms with Crippen LogP contribution in [0, 0.1) is 0 Å². The van der Waals surface area contributed by atoms with Gasteiger partial charge >= 0.3 is 0 Å². The number of amides is 2. The van der Waals surface area contributed by atoms with Crippen molar-refractivity contribution in [2.75, 3.05) is 17.4 Å². The van der Waals surface area contributed by atoms with Crippen molar-refractivity contribution in [3.05, 3.63) is 65.9 Å².